The van der Waals surface area contributed by atoms with Crippen molar-refractivity contribution in [3.8, 4) is 0 Å². The quantitative estimate of drug-likeness (QED) is 0.475. The Hall–Kier alpha value is -0.570. The Labute approximate surface area is 60.0 Å². The van der Waals surface area contributed by atoms with Crippen molar-refractivity contribution < 1.29 is 9.53 Å². The average Bonchev–Trinajstić information content (AvgIpc) is 2.44. The molecule has 2 saturated heterocycles. The van der Waals surface area contributed by atoms with Crippen molar-refractivity contribution in [2.24, 2.45) is 0 Å². The van der Waals surface area contributed by atoms with Crippen LogP contribution in [0.3, 0.4) is 0 Å². The van der Waals surface area contributed by atoms with E-state index in [2.05, 4.69) is 0 Å². The van der Waals surface area contributed by atoms with Crippen LogP contribution in [0.25, 0.3) is 0 Å². The summed E-state index contributed by atoms with van der Waals surface area (Å²) in [6.45, 7) is 3.20. The highest BCUT2D eigenvalue weighted by atomic mass is 16.5. The van der Waals surface area contributed by atoms with E-state index in [1.807, 2.05) is 4.90 Å². The summed E-state index contributed by atoms with van der Waals surface area (Å²) in [5.41, 5.74) is 0. The van der Waals surface area contributed by atoms with Crippen LogP contribution in [0, 0.1) is 0 Å². The fourth-order valence-corrected chi connectivity index (χ4v) is 1.79. The highest BCUT2D eigenvalue weighted by Crippen LogP contribution is 2.27. The standard InChI is InChI=1S/C7H11NO2/c1-5(9)8-3-7-2-6(8)4-10-7/h6-7H,2-4H2,1H3. The number of likely N-dealkylation sites (tertiary alicyclic amines) is 1. The van der Waals surface area contributed by atoms with E-state index in [-0.39, 0.29) is 5.91 Å². The van der Waals surface area contributed by atoms with Gasteiger partial charge >= 0.3 is 0 Å². The van der Waals surface area contributed by atoms with Crippen LogP contribution in [0.5, 0.6) is 0 Å². The number of carbonyl (C=O) groups is 1. The summed E-state index contributed by atoms with van der Waals surface area (Å²) < 4.78 is 5.34. The summed E-state index contributed by atoms with van der Waals surface area (Å²) in [5.74, 6) is 0.191. The molecule has 2 aliphatic rings. The Morgan fingerprint density at radius 1 is 1.70 bits per heavy atom. The summed E-state index contributed by atoms with van der Waals surface area (Å²) in [6, 6.07) is 0.391. The van der Waals surface area contributed by atoms with Gasteiger partial charge in [0.1, 0.15) is 0 Å². The van der Waals surface area contributed by atoms with Crippen LogP contribution in [-0.2, 0) is 9.53 Å². The van der Waals surface area contributed by atoms with Crippen LogP contribution in [-0.4, -0.2) is 36.1 Å². The predicted octanol–water partition coefficient (Wildman–Crippen LogP) is 0.00600. The molecular formula is C7H11NO2. The van der Waals surface area contributed by atoms with E-state index >= 15 is 0 Å². The molecule has 2 aliphatic heterocycles. The summed E-state index contributed by atoms with van der Waals surface area (Å²) in [4.78, 5) is 12.8. The molecule has 2 unspecified atom stereocenters. The van der Waals surface area contributed by atoms with E-state index in [0.717, 1.165) is 19.6 Å². The van der Waals surface area contributed by atoms with Gasteiger partial charge < -0.3 is 9.64 Å². The summed E-state index contributed by atoms with van der Waals surface area (Å²) in [6.07, 6.45) is 1.40. The van der Waals surface area contributed by atoms with Crippen molar-refractivity contribution in [2.75, 3.05) is 13.2 Å². The molecule has 2 bridgehead atoms. The van der Waals surface area contributed by atoms with Gasteiger partial charge in [0.25, 0.3) is 0 Å². The first-order chi connectivity index (χ1) is 4.77. The number of ether oxygens (including phenoxy) is 1. The van der Waals surface area contributed by atoms with Crippen molar-refractivity contribution in [3.05, 3.63) is 0 Å². The topological polar surface area (TPSA) is 29.5 Å². The Kier molecular flexibility index (Phi) is 1.20. The third-order valence-corrected chi connectivity index (χ3v) is 2.30. The van der Waals surface area contributed by atoms with Crippen molar-refractivity contribution >= 4 is 5.91 Å². The van der Waals surface area contributed by atoms with Crippen molar-refractivity contribution in [3.63, 3.8) is 0 Å². The van der Waals surface area contributed by atoms with Crippen LogP contribution in [0.1, 0.15) is 13.3 Å². The van der Waals surface area contributed by atoms with Crippen LogP contribution in [0.4, 0.5) is 0 Å². The largest absolute Gasteiger partial charge is 0.374 e. The maximum Gasteiger partial charge on any atom is 0.219 e. The van der Waals surface area contributed by atoms with Gasteiger partial charge in [-0.2, -0.15) is 0 Å². The number of hydrogen-bond acceptors (Lipinski definition) is 2. The molecule has 2 heterocycles. The first-order valence-corrected chi connectivity index (χ1v) is 3.66. The van der Waals surface area contributed by atoms with E-state index in [1.165, 1.54) is 0 Å². The first-order valence-electron chi connectivity index (χ1n) is 3.66. The maximum atomic E-state index is 10.9. The second kappa shape index (κ2) is 1.95. The fourth-order valence-electron chi connectivity index (χ4n) is 1.79. The molecule has 3 heteroatoms. The highest BCUT2D eigenvalue weighted by Gasteiger charge is 2.39. The van der Waals surface area contributed by atoms with Gasteiger partial charge in [-0.25, -0.2) is 0 Å². The molecule has 2 atom stereocenters. The second-order valence-electron chi connectivity index (χ2n) is 3.02. The zero-order chi connectivity index (χ0) is 7.14. The number of nitrogens with zero attached hydrogens (tertiary/aromatic N) is 1. The summed E-state index contributed by atoms with van der Waals surface area (Å²) >= 11 is 0. The first kappa shape index (κ1) is 6.16. The lowest BCUT2D eigenvalue weighted by atomic mass is 10.2. The third-order valence-electron chi connectivity index (χ3n) is 2.30. The lowest BCUT2D eigenvalue weighted by Gasteiger charge is -2.25. The van der Waals surface area contributed by atoms with E-state index in [4.69, 9.17) is 4.74 Å². The van der Waals surface area contributed by atoms with Crippen LogP contribution < -0.4 is 0 Å². The smallest absolute Gasteiger partial charge is 0.219 e. The molecule has 56 valence electrons. The molecule has 0 aromatic heterocycles. The minimum absolute atomic E-state index is 0.191. The summed E-state index contributed by atoms with van der Waals surface area (Å²) in [5, 5.41) is 0. The Morgan fingerprint density at radius 3 is 2.80 bits per heavy atom. The molecule has 0 spiro atoms. The number of fused-ring (bicyclic) bond motifs is 2. The third kappa shape index (κ3) is 0.736. The average molecular weight is 141 g/mol. The lowest BCUT2D eigenvalue weighted by molar-refractivity contribution is -0.133. The van der Waals surface area contributed by atoms with Crippen molar-refractivity contribution in [1.82, 2.24) is 4.90 Å². The zero-order valence-electron chi connectivity index (χ0n) is 6.04. The normalized spacial score (nSPS) is 37.1. The van der Waals surface area contributed by atoms with Crippen LogP contribution in [0.15, 0.2) is 0 Å². The molecule has 2 rings (SSSR count). The van der Waals surface area contributed by atoms with Crippen molar-refractivity contribution in [2.45, 2.75) is 25.5 Å². The highest BCUT2D eigenvalue weighted by molar-refractivity contribution is 5.74. The van der Waals surface area contributed by atoms with Crippen LogP contribution in [0.2, 0.25) is 0 Å². The van der Waals surface area contributed by atoms with Crippen LogP contribution >= 0.6 is 0 Å². The van der Waals surface area contributed by atoms with Gasteiger partial charge in [0, 0.05) is 13.5 Å². The molecule has 0 aliphatic carbocycles. The number of morpholine rings is 1. The number of amides is 1. The monoisotopic (exact) mass is 141 g/mol. The molecule has 1 amide bonds. The van der Waals surface area contributed by atoms with Crippen molar-refractivity contribution in [1.29, 1.82) is 0 Å². The minimum Gasteiger partial charge on any atom is -0.374 e. The number of hydrogen-bond donors (Lipinski definition) is 0. The van der Waals surface area contributed by atoms with Gasteiger partial charge in [-0.05, 0) is 6.42 Å². The maximum absolute atomic E-state index is 10.9. The van der Waals surface area contributed by atoms with E-state index in [9.17, 15) is 4.79 Å². The van der Waals surface area contributed by atoms with Gasteiger partial charge in [0.2, 0.25) is 5.91 Å². The Balaban J connectivity index is 2.08. The Bertz CT molecular complexity index is 169. The SMILES string of the molecule is CC(=O)N1CC2CC1CO2. The molecule has 0 radical (unpaired) electrons. The molecular weight excluding hydrogens is 130 g/mol. The van der Waals surface area contributed by atoms with E-state index in [1.54, 1.807) is 6.92 Å². The molecule has 0 N–H and O–H groups in total. The number of rotatable bonds is 0. The Morgan fingerprint density at radius 2 is 2.50 bits per heavy atom. The molecule has 2 fully saturated rings. The second-order valence-corrected chi connectivity index (χ2v) is 3.02. The minimum atomic E-state index is 0.191. The van der Waals surface area contributed by atoms with Gasteiger partial charge in [-0.15, -0.1) is 0 Å². The molecule has 10 heavy (non-hydrogen) atoms. The predicted molar refractivity (Wildman–Crippen MR) is 35.5 cm³/mol. The van der Waals surface area contributed by atoms with E-state index < -0.39 is 0 Å². The molecule has 3 nitrogen and oxygen atoms in total. The van der Waals surface area contributed by atoms with E-state index in [0.29, 0.717) is 12.1 Å². The van der Waals surface area contributed by atoms with Gasteiger partial charge in [0.15, 0.2) is 0 Å². The van der Waals surface area contributed by atoms with Gasteiger partial charge in [-0.3, -0.25) is 4.79 Å². The molecule has 0 saturated carbocycles. The summed E-state index contributed by atoms with van der Waals surface area (Å²) in [7, 11) is 0. The zero-order valence-corrected chi connectivity index (χ0v) is 6.04. The lowest BCUT2D eigenvalue weighted by Crippen LogP contribution is -2.39. The fraction of sp³-hybridized carbons (Fsp3) is 0.857. The van der Waals surface area contributed by atoms with Gasteiger partial charge in [0.05, 0.1) is 18.8 Å². The molecule has 0 aromatic carbocycles. The number of carbonyl (C=O) groups excluding carboxylic acids is 1. The molecule has 0 aromatic rings. The van der Waals surface area contributed by atoms with Gasteiger partial charge in [-0.1, -0.05) is 0 Å².